The molecule has 0 amide bonds. The predicted octanol–water partition coefficient (Wildman–Crippen LogP) is 3.18. The molecule has 2 fully saturated rings. The highest BCUT2D eigenvalue weighted by Crippen LogP contribution is 2.43. The Bertz CT molecular complexity index is 421. The summed E-state index contributed by atoms with van der Waals surface area (Å²) in [5, 5.41) is 3.24. The predicted molar refractivity (Wildman–Crippen MR) is 77.0 cm³/mol. The van der Waals surface area contributed by atoms with Crippen molar-refractivity contribution in [3.63, 3.8) is 0 Å². The van der Waals surface area contributed by atoms with E-state index in [9.17, 15) is 4.39 Å². The summed E-state index contributed by atoms with van der Waals surface area (Å²) in [6.45, 7) is 1.10. The van der Waals surface area contributed by atoms with Crippen molar-refractivity contribution in [1.29, 1.82) is 0 Å². The number of nitrogens with zero attached hydrogens (tertiary/aromatic N) is 1. The van der Waals surface area contributed by atoms with Crippen molar-refractivity contribution in [3.05, 3.63) is 30.1 Å². The molecule has 2 bridgehead atoms. The van der Waals surface area contributed by atoms with Gasteiger partial charge in [-0.15, -0.1) is 0 Å². The summed E-state index contributed by atoms with van der Waals surface area (Å²) < 4.78 is 14.0. The van der Waals surface area contributed by atoms with Crippen molar-refractivity contribution in [3.8, 4) is 0 Å². The number of fused-ring (bicyclic) bond motifs is 2. The van der Waals surface area contributed by atoms with Crippen LogP contribution >= 0.6 is 0 Å². The molecule has 2 nitrogen and oxygen atoms in total. The van der Waals surface area contributed by atoms with E-state index in [0.29, 0.717) is 12.1 Å². The molecule has 1 N–H and O–H groups in total. The average Bonchev–Trinajstić information content (AvgIpc) is 2.68. The van der Waals surface area contributed by atoms with Gasteiger partial charge < -0.3 is 10.2 Å². The molecule has 19 heavy (non-hydrogen) atoms. The van der Waals surface area contributed by atoms with Gasteiger partial charge in [-0.1, -0.05) is 12.1 Å². The van der Waals surface area contributed by atoms with Gasteiger partial charge in [0.2, 0.25) is 0 Å². The van der Waals surface area contributed by atoms with E-state index in [1.165, 1.54) is 32.1 Å². The molecule has 2 aliphatic heterocycles. The van der Waals surface area contributed by atoms with Gasteiger partial charge in [-0.25, -0.2) is 4.39 Å². The minimum Gasteiger partial charge on any atom is -0.363 e. The van der Waals surface area contributed by atoms with E-state index >= 15 is 0 Å². The minimum absolute atomic E-state index is 0.0620. The van der Waals surface area contributed by atoms with Crippen LogP contribution in [0.1, 0.15) is 32.1 Å². The van der Waals surface area contributed by atoms with Crippen LogP contribution in [0.5, 0.6) is 0 Å². The van der Waals surface area contributed by atoms with E-state index in [-0.39, 0.29) is 5.82 Å². The topological polar surface area (TPSA) is 15.3 Å². The van der Waals surface area contributed by atoms with E-state index in [0.717, 1.165) is 18.2 Å². The molecule has 3 rings (SSSR count). The number of rotatable bonds is 4. The first-order chi connectivity index (χ1) is 9.29. The highest BCUT2D eigenvalue weighted by molar-refractivity contribution is 5.51. The van der Waals surface area contributed by atoms with Gasteiger partial charge in [0.1, 0.15) is 5.82 Å². The lowest BCUT2D eigenvalue weighted by atomic mass is 9.87. The SMILES string of the molecule is CNCCC1CC2CCC(C1)N2c1ccccc1F. The van der Waals surface area contributed by atoms with Crippen LogP contribution in [0.15, 0.2) is 24.3 Å². The third kappa shape index (κ3) is 2.48. The van der Waals surface area contributed by atoms with E-state index in [1.807, 2.05) is 19.2 Å². The van der Waals surface area contributed by atoms with Crippen molar-refractivity contribution in [2.24, 2.45) is 5.92 Å². The van der Waals surface area contributed by atoms with Crippen molar-refractivity contribution < 1.29 is 4.39 Å². The van der Waals surface area contributed by atoms with E-state index in [1.54, 1.807) is 12.1 Å². The standard InChI is InChI=1S/C16H23FN2/c1-18-9-8-12-10-13-6-7-14(11-12)19(13)16-5-3-2-4-15(16)17/h2-5,12-14,18H,6-11H2,1H3. The maximum Gasteiger partial charge on any atom is 0.146 e. The molecule has 2 atom stereocenters. The molecule has 104 valence electrons. The van der Waals surface area contributed by atoms with Crippen LogP contribution < -0.4 is 10.2 Å². The van der Waals surface area contributed by atoms with Crippen LogP contribution in [0, 0.1) is 11.7 Å². The lowest BCUT2D eigenvalue weighted by molar-refractivity contribution is 0.319. The molecule has 3 heteroatoms. The summed E-state index contributed by atoms with van der Waals surface area (Å²) in [6, 6.07) is 8.36. The molecule has 0 radical (unpaired) electrons. The van der Waals surface area contributed by atoms with Gasteiger partial charge in [0.05, 0.1) is 5.69 Å². The molecular weight excluding hydrogens is 239 g/mol. The number of benzene rings is 1. The molecule has 0 spiro atoms. The Hall–Kier alpha value is -1.09. The first-order valence-electron chi connectivity index (χ1n) is 7.47. The van der Waals surface area contributed by atoms with E-state index in [4.69, 9.17) is 0 Å². The highest BCUT2D eigenvalue weighted by Gasteiger charge is 2.41. The first-order valence-corrected chi connectivity index (χ1v) is 7.47. The quantitative estimate of drug-likeness (QED) is 0.896. The zero-order chi connectivity index (χ0) is 13.2. The second kappa shape index (κ2) is 5.49. The molecule has 1 aromatic carbocycles. The van der Waals surface area contributed by atoms with E-state index < -0.39 is 0 Å². The maximum absolute atomic E-state index is 14.0. The molecule has 2 unspecified atom stereocenters. The number of para-hydroxylation sites is 1. The van der Waals surface area contributed by atoms with Crippen molar-refractivity contribution in [2.45, 2.75) is 44.2 Å². The molecular formula is C16H23FN2. The normalized spacial score (nSPS) is 29.8. The van der Waals surface area contributed by atoms with Gasteiger partial charge in [0.15, 0.2) is 0 Å². The largest absolute Gasteiger partial charge is 0.363 e. The summed E-state index contributed by atoms with van der Waals surface area (Å²) in [5.74, 6) is 0.751. The molecule has 2 aliphatic rings. The van der Waals surface area contributed by atoms with E-state index in [2.05, 4.69) is 10.2 Å². The van der Waals surface area contributed by atoms with Gasteiger partial charge >= 0.3 is 0 Å². The van der Waals surface area contributed by atoms with Crippen molar-refractivity contribution in [2.75, 3.05) is 18.5 Å². The Labute approximate surface area is 115 Å². The fourth-order valence-corrected chi connectivity index (χ4v) is 3.93. The number of nitrogens with one attached hydrogen (secondary N) is 1. The van der Waals surface area contributed by atoms with Crippen molar-refractivity contribution in [1.82, 2.24) is 5.32 Å². The molecule has 0 saturated carbocycles. The highest BCUT2D eigenvalue weighted by atomic mass is 19.1. The number of hydrogen-bond acceptors (Lipinski definition) is 2. The Kier molecular flexibility index (Phi) is 3.74. The van der Waals surface area contributed by atoms with Crippen LogP contribution in [0.2, 0.25) is 0 Å². The molecule has 2 saturated heterocycles. The Morgan fingerprint density at radius 1 is 1.21 bits per heavy atom. The van der Waals surface area contributed by atoms with Gasteiger partial charge in [0.25, 0.3) is 0 Å². The Morgan fingerprint density at radius 3 is 2.53 bits per heavy atom. The summed E-state index contributed by atoms with van der Waals surface area (Å²) in [5.41, 5.74) is 0.821. The van der Waals surface area contributed by atoms with Crippen LogP contribution in [-0.4, -0.2) is 25.7 Å². The number of anilines is 1. The molecule has 1 aromatic rings. The Balaban J connectivity index is 1.75. The third-order valence-electron chi connectivity index (χ3n) is 4.76. The molecule has 2 heterocycles. The zero-order valence-corrected chi connectivity index (χ0v) is 11.6. The number of piperidine rings is 1. The van der Waals surface area contributed by atoms with Gasteiger partial charge in [-0.2, -0.15) is 0 Å². The van der Waals surface area contributed by atoms with Gasteiger partial charge in [0, 0.05) is 12.1 Å². The summed E-state index contributed by atoms with van der Waals surface area (Å²) in [7, 11) is 2.02. The van der Waals surface area contributed by atoms with Crippen LogP contribution in [0.4, 0.5) is 10.1 Å². The lowest BCUT2D eigenvalue weighted by Gasteiger charge is -2.40. The lowest BCUT2D eigenvalue weighted by Crippen LogP contribution is -2.43. The second-order valence-electron chi connectivity index (χ2n) is 5.97. The fourth-order valence-electron chi connectivity index (χ4n) is 3.93. The molecule has 0 aliphatic carbocycles. The fraction of sp³-hybridized carbons (Fsp3) is 0.625. The first kappa shape index (κ1) is 12.9. The summed E-state index contributed by atoms with van der Waals surface area (Å²) >= 11 is 0. The minimum atomic E-state index is -0.0620. The summed E-state index contributed by atoms with van der Waals surface area (Å²) in [4.78, 5) is 2.37. The maximum atomic E-state index is 14.0. The monoisotopic (exact) mass is 262 g/mol. The Morgan fingerprint density at radius 2 is 1.89 bits per heavy atom. The van der Waals surface area contributed by atoms with Crippen LogP contribution in [-0.2, 0) is 0 Å². The van der Waals surface area contributed by atoms with Gasteiger partial charge in [-0.05, 0) is 63.7 Å². The third-order valence-corrected chi connectivity index (χ3v) is 4.76. The molecule has 0 aromatic heterocycles. The van der Waals surface area contributed by atoms with Crippen molar-refractivity contribution >= 4 is 5.69 Å². The average molecular weight is 262 g/mol. The second-order valence-corrected chi connectivity index (χ2v) is 5.97. The zero-order valence-electron chi connectivity index (χ0n) is 11.6. The smallest absolute Gasteiger partial charge is 0.146 e. The van der Waals surface area contributed by atoms with Crippen LogP contribution in [0.3, 0.4) is 0 Å². The van der Waals surface area contributed by atoms with Gasteiger partial charge in [-0.3, -0.25) is 0 Å². The van der Waals surface area contributed by atoms with Crippen LogP contribution in [0.25, 0.3) is 0 Å². The summed E-state index contributed by atoms with van der Waals surface area (Å²) in [6.07, 6.45) is 6.18. The number of halogens is 1. The number of hydrogen-bond donors (Lipinski definition) is 1.